The van der Waals surface area contributed by atoms with Gasteiger partial charge in [-0.3, -0.25) is 14.3 Å². The summed E-state index contributed by atoms with van der Waals surface area (Å²) in [4.78, 5) is 26.4. The van der Waals surface area contributed by atoms with E-state index in [2.05, 4.69) is 15.7 Å². The lowest BCUT2D eigenvalue weighted by molar-refractivity contribution is -0.134. The highest BCUT2D eigenvalue weighted by Gasteiger charge is 2.39. The van der Waals surface area contributed by atoms with Gasteiger partial charge in [-0.2, -0.15) is 5.10 Å². The fourth-order valence-corrected chi connectivity index (χ4v) is 4.72. The number of hydrogen-bond acceptors (Lipinski definition) is 5. The smallest absolute Gasteiger partial charge is 0.261 e. The maximum Gasteiger partial charge on any atom is 0.261 e. The number of methoxy groups -OCH3 is 1. The Morgan fingerprint density at radius 2 is 2.15 bits per heavy atom. The van der Waals surface area contributed by atoms with Crippen LogP contribution in [0.2, 0.25) is 0 Å². The highest BCUT2D eigenvalue weighted by molar-refractivity contribution is 7.20. The summed E-state index contributed by atoms with van der Waals surface area (Å²) < 4.78 is 7.30. The normalized spacial score (nSPS) is 18.7. The van der Waals surface area contributed by atoms with Crippen LogP contribution in [0.4, 0.5) is 0 Å². The predicted molar refractivity (Wildman–Crippen MR) is 104 cm³/mol. The summed E-state index contributed by atoms with van der Waals surface area (Å²) in [5.41, 5.74) is 0.512. The van der Waals surface area contributed by atoms with Crippen LogP contribution in [0, 0.1) is 0 Å². The molecule has 2 aliphatic rings. The van der Waals surface area contributed by atoms with Gasteiger partial charge in [-0.15, -0.1) is 11.3 Å². The van der Waals surface area contributed by atoms with Crippen molar-refractivity contribution in [1.29, 1.82) is 0 Å². The Bertz CT molecular complexity index is 858. The fourth-order valence-electron chi connectivity index (χ4n) is 3.72. The number of rotatable bonds is 7. The van der Waals surface area contributed by atoms with E-state index >= 15 is 0 Å². The largest absolute Gasteiger partial charge is 0.378 e. The van der Waals surface area contributed by atoms with E-state index in [-0.39, 0.29) is 17.4 Å². The molecule has 2 amide bonds. The van der Waals surface area contributed by atoms with Gasteiger partial charge in [-0.1, -0.05) is 0 Å². The highest BCUT2D eigenvalue weighted by Crippen LogP contribution is 2.38. The molecular formula is C19H26N4O3S. The maximum absolute atomic E-state index is 12.4. The Morgan fingerprint density at radius 1 is 1.37 bits per heavy atom. The van der Waals surface area contributed by atoms with Gasteiger partial charge in [0.25, 0.3) is 5.91 Å². The molecule has 0 aromatic carbocycles. The van der Waals surface area contributed by atoms with Crippen LogP contribution in [0.5, 0.6) is 0 Å². The fraction of sp³-hybridized carbons (Fsp3) is 0.632. The van der Waals surface area contributed by atoms with E-state index < -0.39 is 0 Å². The van der Waals surface area contributed by atoms with Gasteiger partial charge in [0.15, 0.2) is 0 Å². The molecule has 0 saturated heterocycles. The van der Waals surface area contributed by atoms with Gasteiger partial charge >= 0.3 is 0 Å². The van der Waals surface area contributed by atoms with Gasteiger partial charge in [-0.05, 0) is 44.6 Å². The Kier molecular flexibility index (Phi) is 4.94. The third-order valence-electron chi connectivity index (χ3n) is 5.89. The van der Waals surface area contributed by atoms with Crippen molar-refractivity contribution in [1.82, 2.24) is 20.4 Å². The minimum atomic E-state index is -0.279. The number of aryl methyl sites for hydroxylation is 1. The first kappa shape index (κ1) is 18.4. The first-order chi connectivity index (χ1) is 13.0. The average molecular weight is 391 g/mol. The van der Waals surface area contributed by atoms with E-state index in [1.807, 2.05) is 13.1 Å². The number of ether oxygens (including phenoxy) is 1. The lowest BCUT2D eigenvalue weighted by Crippen LogP contribution is -2.43. The molecule has 0 aliphatic heterocycles. The lowest BCUT2D eigenvalue weighted by Gasteiger charge is -2.39. The van der Waals surface area contributed by atoms with Crippen LogP contribution >= 0.6 is 11.3 Å². The van der Waals surface area contributed by atoms with Crippen LogP contribution in [0.1, 0.15) is 60.3 Å². The van der Waals surface area contributed by atoms with Crippen molar-refractivity contribution in [3.63, 3.8) is 0 Å². The summed E-state index contributed by atoms with van der Waals surface area (Å²) in [6, 6.07) is 2.21. The Morgan fingerprint density at radius 3 is 2.74 bits per heavy atom. The number of nitrogens with zero attached hydrogens (tertiary/aromatic N) is 2. The minimum absolute atomic E-state index is 0.0112. The van der Waals surface area contributed by atoms with Crippen molar-refractivity contribution in [3.05, 3.63) is 16.6 Å². The predicted octanol–water partition coefficient (Wildman–Crippen LogP) is 2.49. The van der Waals surface area contributed by atoms with E-state index in [1.165, 1.54) is 17.8 Å². The molecule has 2 saturated carbocycles. The number of carbonyl (C=O) groups is 2. The van der Waals surface area contributed by atoms with E-state index in [0.29, 0.717) is 23.9 Å². The molecule has 0 atom stereocenters. The van der Waals surface area contributed by atoms with Crippen LogP contribution in [0.15, 0.2) is 6.07 Å². The lowest BCUT2D eigenvalue weighted by atomic mass is 9.77. The second kappa shape index (κ2) is 7.24. The second-order valence-corrected chi connectivity index (χ2v) is 8.73. The van der Waals surface area contributed by atoms with E-state index in [4.69, 9.17) is 4.74 Å². The molecule has 2 aliphatic carbocycles. The second-order valence-electron chi connectivity index (χ2n) is 7.70. The van der Waals surface area contributed by atoms with Gasteiger partial charge in [-0.25, -0.2) is 0 Å². The third kappa shape index (κ3) is 3.60. The van der Waals surface area contributed by atoms with Crippen molar-refractivity contribution in [3.8, 4) is 0 Å². The van der Waals surface area contributed by atoms with Crippen LogP contribution in [0.3, 0.4) is 0 Å². The SMILES string of the molecule is COC1(CC(=O)NCc2nn(C)c3sc(C(=O)NC4CCC4)cc23)CCC1. The molecule has 2 aromatic heterocycles. The number of fused-ring (bicyclic) bond motifs is 1. The molecule has 2 fully saturated rings. The summed E-state index contributed by atoms with van der Waals surface area (Å²) in [6.07, 6.45) is 6.70. The number of amides is 2. The molecule has 0 bridgehead atoms. The third-order valence-corrected chi connectivity index (χ3v) is 7.09. The summed E-state index contributed by atoms with van der Waals surface area (Å²) in [7, 11) is 3.54. The number of hydrogen-bond donors (Lipinski definition) is 2. The molecule has 2 N–H and O–H groups in total. The van der Waals surface area contributed by atoms with Gasteiger partial charge < -0.3 is 15.4 Å². The quantitative estimate of drug-likeness (QED) is 0.761. The molecule has 27 heavy (non-hydrogen) atoms. The average Bonchev–Trinajstić information content (AvgIpc) is 3.13. The zero-order valence-corrected chi connectivity index (χ0v) is 16.7. The molecule has 0 unspecified atom stereocenters. The van der Waals surface area contributed by atoms with Crippen LogP contribution in [0.25, 0.3) is 10.2 Å². The monoisotopic (exact) mass is 390 g/mol. The van der Waals surface area contributed by atoms with Crippen molar-refractivity contribution in [2.24, 2.45) is 7.05 Å². The molecular weight excluding hydrogens is 364 g/mol. The van der Waals surface area contributed by atoms with E-state index in [0.717, 1.165) is 48.0 Å². The molecule has 7 nitrogen and oxygen atoms in total. The summed E-state index contributed by atoms with van der Waals surface area (Å²) in [6.45, 7) is 0.358. The Hall–Kier alpha value is -1.93. The van der Waals surface area contributed by atoms with Gasteiger partial charge in [0.05, 0.1) is 29.1 Å². The number of thiophene rings is 1. The zero-order valence-electron chi connectivity index (χ0n) is 15.8. The Balaban J connectivity index is 1.42. The molecule has 0 radical (unpaired) electrons. The van der Waals surface area contributed by atoms with Crippen molar-refractivity contribution < 1.29 is 14.3 Å². The van der Waals surface area contributed by atoms with Crippen LogP contribution in [-0.4, -0.2) is 40.3 Å². The molecule has 2 aromatic rings. The molecule has 4 rings (SSSR count). The highest BCUT2D eigenvalue weighted by atomic mass is 32.1. The van der Waals surface area contributed by atoms with Crippen molar-refractivity contribution in [2.75, 3.05) is 7.11 Å². The Labute approximate surface area is 162 Å². The standard InChI is InChI=1S/C19H26N4O3S/c1-23-18-13(9-15(27-18)17(25)21-12-5-3-6-12)14(22-23)11-20-16(24)10-19(26-2)7-4-8-19/h9,12H,3-8,10-11H2,1-2H3,(H,20,24)(H,21,25). The molecule has 8 heteroatoms. The summed E-state index contributed by atoms with van der Waals surface area (Å²) in [5, 5.41) is 11.5. The molecule has 0 spiro atoms. The first-order valence-corrected chi connectivity index (χ1v) is 10.4. The van der Waals surface area contributed by atoms with Gasteiger partial charge in [0.2, 0.25) is 5.91 Å². The molecule has 2 heterocycles. The van der Waals surface area contributed by atoms with Gasteiger partial charge in [0, 0.05) is 25.6 Å². The number of nitrogens with one attached hydrogen (secondary N) is 2. The first-order valence-electron chi connectivity index (χ1n) is 9.58. The molecule has 146 valence electrons. The van der Waals surface area contributed by atoms with E-state index in [1.54, 1.807) is 11.8 Å². The van der Waals surface area contributed by atoms with Crippen LogP contribution in [-0.2, 0) is 23.1 Å². The minimum Gasteiger partial charge on any atom is -0.378 e. The summed E-state index contributed by atoms with van der Waals surface area (Å²) >= 11 is 1.45. The van der Waals surface area contributed by atoms with Crippen LogP contribution < -0.4 is 10.6 Å². The maximum atomic E-state index is 12.4. The number of aromatic nitrogens is 2. The van der Waals surface area contributed by atoms with E-state index in [9.17, 15) is 9.59 Å². The number of carbonyl (C=O) groups excluding carboxylic acids is 2. The zero-order chi connectivity index (χ0) is 19.0. The summed E-state index contributed by atoms with van der Waals surface area (Å²) in [5.74, 6) is -0.0311. The van der Waals surface area contributed by atoms with Crippen molar-refractivity contribution in [2.45, 2.75) is 63.1 Å². The topological polar surface area (TPSA) is 85.2 Å². The van der Waals surface area contributed by atoms with Gasteiger partial charge in [0.1, 0.15) is 4.83 Å². The van der Waals surface area contributed by atoms with Crippen molar-refractivity contribution >= 4 is 33.4 Å².